The van der Waals surface area contributed by atoms with Gasteiger partial charge in [-0.05, 0) is 99.1 Å². The number of aromatic amines is 1. The van der Waals surface area contributed by atoms with E-state index in [2.05, 4.69) is 28.2 Å². The van der Waals surface area contributed by atoms with Crippen LogP contribution in [0.4, 0.5) is 10.1 Å². The Morgan fingerprint density at radius 3 is 2.40 bits per heavy atom. The lowest BCUT2D eigenvalue weighted by atomic mass is 10.0. The van der Waals surface area contributed by atoms with E-state index in [0.29, 0.717) is 29.5 Å². The number of halogens is 1. The van der Waals surface area contributed by atoms with Gasteiger partial charge >= 0.3 is 0 Å². The zero-order chi connectivity index (χ0) is 21.8. The molecule has 1 heterocycles. The van der Waals surface area contributed by atoms with Gasteiger partial charge in [0.25, 0.3) is 5.56 Å². The highest BCUT2D eigenvalue weighted by atomic mass is 32.1. The lowest BCUT2D eigenvalue weighted by molar-refractivity contribution is 0.327. The molecule has 0 atom stereocenters. The van der Waals surface area contributed by atoms with Crippen LogP contribution >= 0.6 is 12.2 Å². The van der Waals surface area contributed by atoms with Crippen LogP contribution in [0.15, 0.2) is 47.3 Å². The number of thiocarbonyl (C=S) groups is 1. The van der Waals surface area contributed by atoms with Gasteiger partial charge in [0.05, 0.1) is 6.54 Å². The smallest absolute Gasteiger partial charge is 0.253 e. The predicted octanol–water partition coefficient (Wildman–Crippen LogP) is 4.04. The Hall–Kier alpha value is -2.77. The summed E-state index contributed by atoms with van der Waals surface area (Å²) in [5.41, 5.74) is 4.38. The van der Waals surface area contributed by atoms with Crippen LogP contribution in [0, 0.1) is 19.7 Å². The maximum Gasteiger partial charge on any atom is 0.253 e. The molecule has 2 aromatic carbocycles. The number of H-pyrrole nitrogens is 1. The van der Waals surface area contributed by atoms with Crippen LogP contribution in [0.25, 0.3) is 10.9 Å². The average molecular weight is 427 g/mol. The molecule has 0 aliphatic rings. The van der Waals surface area contributed by atoms with Crippen molar-refractivity contribution in [3.05, 3.63) is 75.3 Å². The zero-order valence-corrected chi connectivity index (χ0v) is 18.6. The molecule has 0 unspecified atom stereocenters. The summed E-state index contributed by atoms with van der Waals surface area (Å²) in [6.07, 6.45) is 0. The number of hydrogen-bond acceptors (Lipinski definition) is 3. The number of nitrogens with one attached hydrogen (secondary N) is 2. The lowest BCUT2D eigenvalue weighted by Crippen LogP contribution is -2.40. The van der Waals surface area contributed by atoms with Gasteiger partial charge in [-0.2, -0.15) is 0 Å². The molecular formula is C23H27FN4OS. The maximum atomic E-state index is 13.2. The van der Waals surface area contributed by atoms with E-state index in [4.69, 9.17) is 12.2 Å². The topological polar surface area (TPSA) is 51.4 Å². The van der Waals surface area contributed by atoms with Gasteiger partial charge in [0.2, 0.25) is 0 Å². The summed E-state index contributed by atoms with van der Waals surface area (Å²) < 4.78 is 13.2. The fourth-order valence-corrected chi connectivity index (χ4v) is 3.43. The molecule has 1 aromatic heterocycles. The van der Waals surface area contributed by atoms with Gasteiger partial charge in [-0.25, -0.2) is 4.39 Å². The number of nitrogens with zero attached hydrogens (tertiary/aromatic N) is 2. The van der Waals surface area contributed by atoms with Gasteiger partial charge in [0.1, 0.15) is 5.82 Å². The highest BCUT2D eigenvalue weighted by molar-refractivity contribution is 7.80. The Bertz CT molecular complexity index is 1110. The highest BCUT2D eigenvalue weighted by Crippen LogP contribution is 2.18. The van der Waals surface area contributed by atoms with Crippen molar-refractivity contribution in [3.8, 4) is 0 Å². The van der Waals surface area contributed by atoms with Crippen LogP contribution in [0.1, 0.15) is 16.7 Å². The summed E-state index contributed by atoms with van der Waals surface area (Å²) >= 11 is 5.61. The summed E-state index contributed by atoms with van der Waals surface area (Å²) in [5.74, 6) is -0.302. The molecule has 30 heavy (non-hydrogen) atoms. The van der Waals surface area contributed by atoms with E-state index in [1.165, 1.54) is 17.7 Å². The third-order valence-corrected chi connectivity index (χ3v) is 5.46. The quantitative estimate of drug-likeness (QED) is 0.583. The number of aryl methyl sites for hydroxylation is 2. The fraction of sp³-hybridized carbons (Fsp3) is 0.304. The summed E-state index contributed by atoms with van der Waals surface area (Å²) in [5, 5.41) is 4.63. The molecule has 0 saturated carbocycles. The van der Waals surface area contributed by atoms with E-state index in [0.717, 1.165) is 23.0 Å². The molecule has 3 rings (SSSR count). The summed E-state index contributed by atoms with van der Waals surface area (Å²) in [6, 6.07) is 12.1. The van der Waals surface area contributed by atoms with E-state index in [9.17, 15) is 9.18 Å². The Balaban J connectivity index is 1.87. The lowest BCUT2D eigenvalue weighted by Gasteiger charge is -2.27. The van der Waals surface area contributed by atoms with Gasteiger partial charge in [-0.1, -0.05) is 0 Å². The summed E-state index contributed by atoms with van der Waals surface area (Å²) in [4.78, 5) is 19.7. The number of hydrogen-bond donors (Lipinski definition) is 2. The van der Waals surface area contributed by atoms with Crippen molar-refractivity contribution in [1.29, 1.82) is 0 Å². The Kier molecular flexibility index (Phi) is 6.84. The van der Waals surface area contributed by atoms with Crippen molar-refractivity contribution in [1.82, 2.24) is 14.8 Å². The first-order valence-electron chi connectivity index (χ1n) is 9.82. The molecule has 0 fully saturated rings. The van der Waals surface area contributed by atoms with E-state index in [1.54, 1.807) is 12.1 Å². The number of aromatic nitrogens is 1. The van der Waals surface area contributed by atoms with Crippen LogP contribution in [0.2, 0.25) is 0 Å². The van der Waals surface area contributed by atoms with Crippen molar-refractivity contribution in [2.45, 2.75) is 20.4 Å². The number of pyridine rings is 1. The average Bonchev–Trinajstić information content (AvgIpc) is 2.68. The molecule has 5 nitrogen and oxygen atoms in total. The third kappa shape index (κ3) is 5.43. The fourth-order valence-electron chi connectivity index (χ4n) is 3.15. The molecule has 3 aromatic rings. The minimum absolute atomic E-state index is 0.120. The maximum absolute atomic E-state index is 13.2. The number of benzene rings is 2. The second-order valence-corrected chi connectivity index (χ2v) is 8.20. The minimum atomic E-state index is -0.302. The zero-order valence-electron chi connectivity index (χ0n) is 17.8. The van der Waals surface area contributed by atoms with Gasteiger partial charge in [-0.15, -0.1) is 0 Å². The number of rotatable bonds is 6. The van der Waals surface area contributed by atoms with E-state index >= 15 is 0 Å². The van der Waals surface area contributed by atoms with Gasteiger partial charge in [-0.3, -0.25) is 4.79 Å². The Morgan fingerprint density at radius 1 is 1.07 bits per heavy atom. The van der Waals surface area contributed by atoms with Gasteiger partial charge in [0, 0.05) is 29.9 Å². The second kappa shape index (κ2) is 9.36. The van der Waals surface area contributed by atoms with Crippen molar-refractivity contribution >= 4 is 33.9 Å². The molecule has 158 valence electrons. The van der Waals surface area contributed by atoms with Crippen LogP contribution < -0.4 is 10.9 Å². The number of anilines is 1. The molecule has 0 radical (unpaired) electrons. The van der Waals surface area contributed by atoms with E-state index in [1.807, 2.05) is 38.1 Å². The summed E-state index contributed by atoms with van der Waals surface area (Å²) in [6.45, 7) is 5.88. The number of likely N-dealkylation sites (N-methyl/N-ethyl adjacent to an activating group) is 1. The van der Waals surface area contributed by atoms with Crippen LogP contribution in [0.3, 0.4) is 0 Å². The summed E-state index contributed by atoms with van der Waals surface area (Å²) in [7, 11) is 3.98. The number of fused-ring (bicyclic) bond motifs is 1. The van der Waals surface area contributed by atoms with Crippen molar-refractivity contribution in [2.24, 2.45) is 0 Å². The molecule has 7 heteroatoms. The van der Waals surface area contributed by atoms with Crippen LogP contribution in [0.5, 0.6) is 0 Å². The van der Waals surface area contributed by atoms with Crippen molar-refractivity contribution in [2.75, 3.05) is 32.5 Å². The van der Waals surface area contributed by atoms with Crippen LogP contribution in [-0.2, 0) is 6.54 Å². The Morgan fingerprint density at radius 2 is 1.73 bits per heavy atom. The molecule has 0 aliphatic carbocycles. The van der Waals surface area contributed by atoms with Crippen molar-refractivity contribution in [3.63, 3.8) is 0 Å². The van der Waals surface area contributed by atoms with E-state index in [-0.39, 0.29) is 11.4 Å². The molecular weight excluding hydrogens is 399 g/mol. The molecule has 0 saturated heterocycles. The highest BCUT2D eigenvalue weighted by Gasteiger charge is 2.14. The molecule has 2 N–H and O–H groups in total. The Labute approximate surface area is 181 Å². The largest absolute Gasteiger partial charge is 0.343 e. The predicted molar refractivity (Wildman–Crippen MR) is 126 cm³/mol. The SMILES string of the molecule is Cc1cc2cc(CN(CCN(C)C)C(=S)Nc3ccc(F)cc3)c(=O)[nH]c2cc1C. The van der Waals surface area contributed by atoms with E-state index < -0.39 is 0 Å². The molecule has 0 aliphatic heterocycles. The molecule has 0 amide bonds. The standard InChI is InChI=1S/C23H27FN4OS/c1-15-11-17-13-18(22(29)26-21(17)12-16(15)2)14-28(10-9-27(3)4)23(30)25-20-7-5-19(24)6-8-20/h5-8,11-13H,9-10,14H2,1-4H3,(H,25,30)(H,26,29). The molecule has 0 bridgehead atoms. The normalized spacial score (nSPS) is 11.1. The first-order valence-corrected chi connectivity index (χ1v) is 10.2. The third-order valence-electron chi connectivity index (χ3n) is 5.10. The monoisotopic (exact) mass is 426 g/mol. The first kappa shape index (κ1) is 21.9. The van der Waals surface area contributed by atoms with Gasteiger partial charge in [0.15, 0.2) is 5.11 Å². The van der Waals surface area contributed by atoms with Crippen LogP contribution in [-0.4, -0.2) is 47.1 Å². The first-order chi connectivity index (χ1) is 14.2. The van der Waals surface area contributed by atoms with Gasteiger partial charge < -0.3 is 20.1 Å². The molecule has 0 spiro atoms. The second-order valence-electron chi connectivity index (χ2n) is 7.81. The van der Waals surface area contributed by atoms with Crippen molar-refractivity contribution < 1.29 is 4.39 Å². The minimum Gasteiger partial charge on any atom is -0.343 e.